The van der Waals surface area contributed by atoms with Crippen LogP contribution in [0.1, 0.15) is 59.4 Å². The Morgan fingerprint density at radius 2 is 1.86 bits per heavy atom. The van der Waals surface area contributed by atoms with Crippen molar-refractivity contribution in [2.75, 3.05) is 18.2 Å². The average Bonchev–Trinajstić information content (AvgIpc) is 2.78. The number of methoxy groups -OCH3 is 1. The first-order chi connectivity index (χ1) is 16.9. The highest BCUT2D eigenvalue weighted by Gasteiger charge is 2.28. The molecule has 1 aliphatic rings. The number of nitrogens with one attached hydrogen (secondary N) is 1. The Morgan fingerprint density at radius 1 is 1.17 bits per heavy atom. The third-order valence-corrected chi connectivity index (χ3v) is 6.88. The van der Waals surface area contributed by atoms with Crippen molar-refractivity contribution in [1.82, 2.24) is 0 Å². The van der Waals surface area contributed by atoms with Gasteiger partial charge in [-0.3, -0.25) is 4.79 Å². The Labute approximate surface area is 215 Å². The molecule has 0 aliphatic carbocycles. The minimum atomic E-state index is -0.845. The SMILES string of the molecule is CO[C@H]1C[C@H](C)Cc2cc(N)cc(c2)NC(=O)/C(C)=C/CC[C@H](C)[C@@H](OC(N)=O)/C(C)=C/[C@H](C)[C@H]1O. The number of carbonyl (C=O) groups is 2. The lowest BCUT2D eigenvalue weighted by Gasteiger charge is -2.29. The first-order valence-electron chi connectivity index (χ1n) is 12.6. The summed E-state index contributed by atoms with van der Waals surface area (Å²) in [6.07, 6.45) is 3.93. The van der Waals surface area contributed by atoms with Crippen LogP contribution in [0.25, 0.3) is 0 Å². The van der Waals surface area contributed by atoms with Gasteiger partial charge in [0.1, 0.15) is 6.10 Å². The smallest absolute Gasteiger partial charge is 0.405 e. The number of allylic oxidation sites excluding steroid dienone is 1. The average molecular weight is 502 g/mol. The van der Waals surface area contributed by atoms with Crippen LogP contribution >= 0.6 is 0 Å². The first-order valence-corrected chi connectivity index (χ1v) is 12.6. The Hall–Kier alpha value is -2.84. The number of aliphatic hydroxyl groups excluding tert-OH is 1. The van der Waals surface area contributed by atoms with Crippen LogP contribution in [0, 0.1) is 17.8 Å². The molecule has 6 atom stereocenters. The molecule has 1 aromatic carbocycles. The van der Waals surface area contributed by atoms with Crippen molar-refractivity contribution in [3.8, 4) is 0 Å². The first kappa shape index (κ1) is 29.4. The molecule has 1 heterocycles. The number of hydrogen-bond acceptors (Lipinski definition) is 6. The highest BCUT2D eigenvalue weighted by atomic mass is 16.6. The standard InChI is InChI=1S/C28H43N3O5/c1-16-10-21-13-22(29)15-23(14-21)31-27(33)18(3)9-7-8-17(2)26(36-28(30)34)20(5)12-19(4)25(32)24(11-16)35-6/h9,12-17,19,24-26,32H,7-8,10-11,29H2,1-6H3,(H2,30,34)(H,31,33)/b18-9+,20-12+/t16-,17+,19+,24+,25-,26-/m1/s1. The van der Waals surface area contributed by atoms with Crippen molar-refractivity contribution in [3.05, 3.63) is 47.1 Å². The fourth-order valence-electron chi connectivity index (χ4n) is 4.93. The van der Waals surface area contributed by atoms with Crippen LogP contribution < -0.4 is 16.8 Å². The third kappa shape index (κ3) is 8.68. The Bertz CT molecular complexity index is 974. The number of nitrogen functional groups attached to an aromatic ring is 1. The molecule has 0 saturated heterocycles. The van der Waals surface area contributed by atoms with Crippen molar-refractivity contribution >= 4 is 23.4 Å². The number of anilines is 2. The zero-order chi connectivity index (χ0) is 27.0. The molecular weight excluding hydrogens is 458 g/mol. The van der Waals surface area contributed by atoms with Crippen LogP contribution in [0.4, 0.5) is 16.2 Å². The molecule has 2 rings (SSSR count). The molecule has 0 spiro atoms. The fourth-order valence-corrected chi connectivity index (χ4v) is 4.93. The number of fused-ring (bicyclic) bond motifs is 2. The molecule has 8 nitrogen and oxygen atoms in total. The zero-order valence-electron chi connectivity index (χ0n) is 22.4. The van der Waals surface area contributed by atoms with Gasteiger partial charge in [0.15, 0.2) is 0 Å². The Morgan fingerprint density at radius 3 is 2.50 bits per heavy atom. The normalized spacial score (nSPS) is 31.9. The van der Waals surface area contributed by atoms with E-state index in [1.807, 2.05) is 45.1 Å². The van der Waals surface area contributed by atoms with Crippen LogP contribution in [0.15, 0.2) is 41.5 Å². The molecule has 2 bridgehead atoms. The van der Waals surface area contributed by atoms with Gasteiger partial charge >= 0.3 is 6.09 Å². The monoisotopic (exact) mass is 501 g/mol. The molecule has 6 N–H and O–H groups in total. The van der Waals surface area contributed by atoms with E-state index < -0.39 is 18.3 Å². The summed E-state index contributed by atoms with van der Waals surface area (Å²) in [4.78, 5) is 24.4. The molecule has 0 unspecified atom stereocenters. The van der Waals surface area contributed by atoms with Gasteiger partial charge in [-0.15, -0.1) is 0 Å². The number of nitrogens with two attached hydrogens (primary N) is 2. The molecule has 8 heteroatoms. The number of amides is 2. The molecule has 1 aromatic rings. The predicted molar refractivity (Wildman–Crippen MR) is 143 cm³/mol. The second-order valence-corrected chi connectivity index (χ2v) is 10.3. The van der Waals surface area contributed by atoms with E-state index in [9.17, 15) is 14.7 Å². The van der Waals surface area contributed by atoms with Gasteiger partial charge in [-0.2, -0.15) is 0 Å². The lowest BCUT2D eigenvalue weighted by atomic mass is 9.87. The van der Waals surface area contributed by atoms with Gasteiger partial charge in [0.25, 0.3) is 5.91 Å². The number of rotatable bonds is 2. The van der Waals surface area contributed by atoms with Crippen molar-refractivity contribution in [2.45, 2.75) is 78.6 Å². The highest BCUT2D eigenvalue weighted by molar-refractivity contribution is 6.03. The van der Waals surface area contributed by atoms with Crippen molar-refractivity contribution in [2.24, 2.45) is 23.5 Å². The van der Waals surface area contributed by atoms with E-state index in [2.05, 4.69) is 12.2 Å². The van der Waals surface area contributed by atoms with Crippen LogP contribution in [0.3, 0.4) is 0 Å². The van der Waals surface area contributed by atoms with E-state index in [1.54, 1.807) is 20.1 Å². The van der Waals surface area contributed by atoms with Crippen LogP contribution in [0.2, 0.25) is 0 Å². The number of primary amides is 1. The largest absolute Gasteiger partial charge is 0.442 e. The van der Waals surface area contributed by atoms with Crippen LogP contribution in [-0.4, -0.2) is 42.5 Å². The number of hydrogen-bond donors (Lipinski definition) is 4. The van der Waals surface area contributed by atoms with E-state index in [1.165, 1.54) is 0 Å². The topological polar surface area (TPSA) is 137 Å². The number of carbonyl (C=O) groups excluding carboxylic acids is 2. The zero-order valence-corrected chi connectivity index (χ0v) is 22.4. The van der Waals surface area contributed by atoms with E-state index in [-0.39, 0.29) is 29.8 Å². The second-order valence-electron chi connectivity index (χ2n) is 10.3. The van der Waals surface area contributed by atoms with Gasteiger partial charge in [-0.1, -0.05) is 32.9 Å². The van der Waals surface area contributed by atoms with Gasteiger partial charge in [0.05, 0.1) is 12.2 Å². The summed E-state index contributed by atoms with van der Waals surface area (Å²) in [5.74, 6) is -0.301. The van der Waals surface area contributed by atoms with E-state index in [0.717, 1.165) is 11.1 Å². The van der Waals surface area contributed by atoms with E-state index in [0.29, 0.717) is 42.6 Å². The number of benzene rings is 1. The fraction of sp³-hybridized carbons (Fsp3) is 0.571. The second kappa shape index (κ2) is 13.5. The van der Waals surface area contributed by atoms with E-state index in [4.69, 9.17) is 20.9 Å². The van der Waals surface area contributed by atoms with Crippen molar-refractivity contribution in [1.29, 1.82) is 0 Å². The Kier molecular flexibility index (Phi) is 11.0. The summed E-state index contributed by atoms with van der Waals surface area (Å²) in [7, 11) is 1.60. The molecule has 36 heavy (non-hydrogen) atoms. The maximum absolute atomic E-state index is 12.8. The Balaban J connectivity index is 2.43. The van der Waals surface area contributed by atoms with Gasteiger partial charge in [0.2, 0.25) is 0 Å². The molecule has 1 aliphatic heterocycles. The highest BCUT2D eigenvalue weighted by Crippen LogP contribution is 2.27. The minimum Gasteiger partial charge on any atom is -0.442 e. The molecule has 0 fully saturated rings. The lowest BCUT2D eigenvalue weighted by molar-refractivity contribution is -0.112. The molecule has 0 radical (unpaired) electrons. The van der Waals surface area contributed by atoms with Crippen LogP contribution in [0.5, 0.6) is 0 Å². The summed E-state index contributed by atoms with van der Waals surface area (Å²) in [5.41, 5.74) is 15.1. The summed E-state index contributed by atoms with van der Waals surface area (Å²) in [6, 6.07) is 5.59. The minimum absolute atomic E-state index is 0.0537. The van der Waals surface area contributed by atoms with Gasteiger partial charge in [0, 0.05) is 30.0 Å². The van der Waals surface area contributed by atoms with Crippen molar-refractivity contribution in [3.63, 3.8) is 0 Å². The van der Waals surface area contributed by atoms with Crippen molar-refractivity contribution < 1.29 is 24.2 Å². The van der Waals surface area contributed by atoms with Gasteiger partial charge in [-0.25, -0.2) is 4.79 Å². The quantitative estimate of drug-likeness (QED) is 0.346. The third-order valence-electron chi connectivity index (χ3n) is 6.88. The summed E-state index contributed by atoms with van der Waals surface area (Å²) in [5, 5.41) is 14.0. The molecule has 2 amide bonds. The molecule has 0 saturated carbocycles. The number of aliphatic hydroxyl groups is 1. The molecule has 200 valence electrons. The lowest BCUT2D eigenvalue weighted by Crippen LogP contribution is -2.35. The maximum atomic E-state index is 12.8. The predicted octanol–water partition coefficient (Wildman–Crippen LogP) is 4.57. The summed E-state index contributed by atoms with van der Waals surface area (Å²) >= 11 is 0. The summed E-state index contributed by atoms with van der Waals surface area (Å²) < 4.78 is 11.1. The number of ether oxygens (including phenoxy) is 2. The van der Waals surface area contributed by atoms with E-state index >= 15 is 0 Å². The molecule has 0 aromatic heterocycles. The molecular formula is C28H43N3O5. The maximum Gasteiger partial charge on any atom is 0.405 e. The summed E-state index contributed by atoms with van der Waals surface area (Å²) in [6.45, 7) is 9.65. The van der Waals surface area contributed by atoms with Crippen LogP contribution in [-0.2, 0) is 20.7 Å². The van der Waals surface area contributed by atoms with Gasteiger partial charge in [-0.05, 0) is 80.7 Å². The van der Waals surface area contributed by atoms with Gasteiger partial charge < -0.3 is 31.4 Å².